The highest BCUT2D eigenvalue weighted by molar-refractivity contribution is 14.0. The Labute approximate surface area is 154 Å². The Morgan fingerprint density at radius 1 is 1.26 bits per heavy atom. The Morgan fingerprint density at radius 2 is 1.83 bits per heavy atom. The largest absolute Gasteiger partial charge is 0.401 e. The summed E-state index contributed by atoms with van der Waals surface area (Å²) in [5.41, 5.74) is 0.236. The molecule has 0 amide bonds. The maximum absolute atomic E-state index is 12.2. The smallest absolute Gasteiger partial charge is 0.356 e. The zero-order valence-electron chi connectivity index (χ0n) is 14.9. The number of aliphatic imine (C=N–C) groups is 1. The zero-order valence-corrected chi connectivity index (χ0v) is 17.2. The maximum Gasteiger partial charge on any atom is 0.401 e. The molecule has 0 aromatic carbocycles. The van der Waals surface area contributed by atoms with Crippen LogP contribution in [0.3, 0.4) is 0 Å². The fourth-order valence-electron chi connectivity index (χ4n) is 2.63. The van der Waals surface area contributed by atoms with Crippen molar-refractivity contribution in [2.75, 3.05) is 40.3 Å². The van der Waals surface area contributed by atoms with E-state index in [0.717, 1.165) is 12.5 Å². The van der Waals surface area contributed by atoms with E-state index in [9.17, 15) is 13.2 Å². The average Bonchev–Trinajstić information content (AvgIpc) is 2.35. The van der Waals surface area contributed by atoms with E-state index in [1.807, 2.05) is 0 Å². The molecule has 138 valence electrons. The molecule has 0 saturated carbocycles. The second-order valence-electron chi connectivity index (χ2n) is 7.21. The molecule has 0 atom stereocenters. The molecule has 0 aliphatic carbocycles. The lowest BCUT2D eigenvalue weighted by Gasteiger charge is -2.62. The van der Waals surface area contributed by atoms with Crippen molar-refractivity contribution in [3.8, 4) is 0 Å². The Hall–Kier alpha value is -0.250. The van der Waals surface area contributed by atoms with Crippen LogP contribution in [0.2, 0.25) is 0 Å². The molecule has 0 unspecified atom stereocenters. The van der Waals surface area contributed by atoms with Crippen molar-refractivity contribution in [2.45, 2.75) is 45.8 Å². The molecule has 23 heavy (non-hydrogen) atoms. The summed E-state index contributed by atoms with van der Waals surface area (Å²) >= 11 is 0. The van der Waals surface area contributed by atoms with Crippen LogP contribution in [0.15, 0.2) is 4.99 Å². The van der Waals surface area contributed by atoms with E-state index >= 15 is 0 Å². The minimum atomic E-state index is -4.13. The van der Waals surface area contributed by atoms with Crippen LogP contribution in [0.5, 0.6) is 0 Å². The lowest BCUT2D eigenvalue weighted by Crippen LogP contribution is -2.72. The molecule has 1 aliphatic rings. The molecule has 0 aromatic heterocycles. The van der Waals surface area contributed by atoms with Crippen molar-refractivity contribution < 1.29 is 13.2 Å². The first kappa shape index (κ1) is 22.8. The van der Waals surface area contributed by atoms with Gasteiger partial charge in [-0.1, -0.05) is 13.8 Å². The lowest BCUT2D eigenvalue weighted by molar-refractivity contribution is -0.143. The van der Waals surface area contributed by atoms with Crippen LogP contribution in [0.4, 0.5) is 13.2 Å². The number of rotatable bonds is 5. The molecule has 1 fully saturated rings. The fraction of sp³-hybridized carbons (Fsp3) is 0.933. The monoisotopic (exact) mass is 450 g/mol. The van der Waals surface area contributed by atoms with Crippen molar-refractivity contribution in [1.29, 1.82) is 0 Å². The van der Waals surface area contributed by atoms with Gasteiger partial charge >= 0.3 is 6.18 Å². The van der Waals surface area contributed by atoms with E-state index in [2.05, 4.69) is 42.9 Å². The number of likely N-dealkylation sites (tertiary alicyclic amines) is 1. The number of guanidine groups is 1. The summed E-state index contributed by atoms with van der Waals surface area (Å²) in [5, 5.41) is 3.25. The molecule has 0 aromatic rings. The molecule has 1 rings (SSSR count). The number of nitrogens with one attached hydrogen (secondary N) is 1. The quantitative estimate of drug-likeness (QED) is 0.302. The number of hydrogen-bond donors (Lipinski definition) is 1. The summed E-state index contributed by atoms with van der Waals surface area (Å²) in [5.74, 6) is 0.822. The van der Waals surface area contributed by atoms with Crippen LogP contribution < -0.4 is 5.32 Å². The highest BCUT2D eigenvalue weighted by atomic mass is 127. The molecular weight excluding hydrogens is 420 g/mol. The second kappa shape index (κ2) is 8.22. The van der Waals surface area contributed by atoms with Crippen molar-refractivity contribution >= 4 is 29.9 Å². The Morgan fingerprint density at radius 3 is 2.22 bits per heavy atom. The molecule has 8 heteroatoms. The first-order valence-corrected chi connectivity index (χ1v) is 7.64. The molecular formula is C15H30F3IN4. The van der Waals surface area contributed by atoms with Gasteiger partial charge in [0, 0.05) is 31.1 Å². The van der Waals surface area contributed by atoms with E-state index in [1.165, 1.54) is 11.9 Å². The van der Waals surface area contributed by atoms with E-state index in [-0.39, 0.29) is 34.9 Å². The summed E-state index contributed by atoms with van der Waals surface area (Å²) in [7, 11) is 3.23. The number of alkyl halides is 3. The van der Waals surface area contributed by atoms with Crippen LogP contribution in [0.25, 0.3) is 0 Å². The molecule has 0 spiro atoms. The number of nitrogens with zero attached hydrogens (tertiary/aromatic N) is 3. The Bertz CT molecular complexity index is 408. The third-order valence-electron chi connectivity index (χ3n) is 4.80. The van der Waals surface area contributed by atoms with Gasteiger partial charge in [-0.15, -0.1) is 24.0 Å². The summed E-state index contributed by atoms with van der Waals surface area (Å²) in [6, 6.07) is 0. The van der Waals surface area contributed by atoms with Gasteiger partial charge in [-0.2, -0.15) is 13.2 Å². The normalized spacial score (nSPS) is 20.1. The third kappa shape index (κ3) is 5.95. The van der Waals surface area contributed by atoms with Gasteiger partial charge in [0.1, 0.15) is 0 Å². The fourth-order valence-corrected chi connectivity index (χ4v) is 2.63. The zero-order chi connectivity index (χ0) is 17.2. The predicted molar refractivity (Wildman–Crippen MR) is 99.5 cm³/mol. The van der Waals surface area contributed by atoms with Crippen LogP contribution in [0.1, 0.15) is 34.1 Å². The summed E-state index contributed by atoms with van der Waals surface area (Å²) < 4.78 is 36.7. The van der Waals surface area contributed by atoms with E-state index < -0.39 is 12.7 Å². The maximum atomic E-state index is 12.2. The Kier molecular flexibility index (Phi) is 8.13. The molecule has 1 aliphatic heterocycles. The van der Waals surface area contributed by atoms with Gasteiger partial charge in [0.05, 0.1) is 6.54 Å². The summed E-state index contributed by atoms with van der Waals surface area (Å²) in [6.07, 6.45) is -3.49. The molecule has 0 radical (unpaired) electrons. The minimum Gasteiger partial charge on any atom is -0.356 e. The van der Waals surface area contributed by atoms with Gasteiger partial charge in [-0.25, -0.2) is 0 Å². The predicted octanol–water partition coefficient (Wildman–Crippen LogP) is 3.18. The van der Waals surface area contributed by atoms with E-state index in [4.69, 9.17) is 0 Å². The Balaban J connectivity index is 0.00000484. The average molecular weight is 450 g/mol. The highest BCUT2D eigenvalue weighted by Crippen LogP contribution is 2.46. The molecule has 0 bridgehead atoms. The van der Waals surface area contributed by atoms with Crippen LogP contribution in [0, 0.1) is 5.41 Å². The van der Waals surface area contributed by atoms with Crippen molar-refractivity contribution in [3.05, 3.63) is 0 Å². The van der Waals surface area contributed by atoms with Crippen LogP contribution >= 0.6 is 24.0 Å². The van der Waals surface area contributed by atoms with Crippen molar-refractivity contribution in [3.63, 3.8) is 0 Å². The SMILES string of the molecule is CN=C(NCCCN(C)CC(F)(F)F)N1CC(C)(C)C1(C)C.I. The first-order chi connectivity index (χ1) is 9.90. The van der Waals surface area contributed by atoms with Crippen molar-refractivity contribution in [2.24, 2.45) is 10.4 Å². The molecule has 1 N–H and O–H groups in total. The lowest BCUT2D eigenvalue weighted by atomic mass is 9.65. The topological polar surface area (TPSA) is 30.9 Å². The van der Waals surface area contributed by atoms with Gasteiger partial charge in [-0.05, 0) is 33.9 Å². The van der Waals surface area contributed by atoms with Gasteiger partial charge in [0.25, 0.3) is 0 Å². The first-order valence-electron chi connectivity index (χ1n) is 7.64. The van der Waals surface area contributed by atoms with Crippen LogP contribution in [-0.4, -0.2) is 67.7 Å². The number of hydrogen-bond acceptors (Lipinski definition) is 2. The summed E-state index contributed by atoms with van der Waals surface area (Å²) in [4.78, 5) is 7.79. The van der Waals surface area contributed by atoms with Gasteiger partial charge in [-0.3, -0.25) is 9.89 Å². The van der Waals surface area contributed by atoms with Gasteiger partial charge in [0.2, 0.25) is 0 Å². The van der Waals surface area contributed by atoms with Gasteiger partial charge < -0.3 is 10.2 Å². The van der Waals surface area contributed by atoms with E-state index in [0.29, 0.717) is 19.5 Å². The summed E-state index contributed by atoms with van der Waals surface area (Å²) in [6.45, 7) is 9.88. The van der Waals surface area contributed by atoms with Crippen LogP contribution in [-0.2, 0) is 0 Å². The van der Waals surface area contributed by atoms with Crippen molar-refractivity contribution in [1.82, 2.24) is 15.1 Å². The standard InChI is InChI=1S/C15H29F3N4.HI/c1-13(2)10-22(14(13,3)4)12(19-5)20-8-7-9-21(6)11-15(16,17)18;/h7-11H2,1-6H3,(H,19,20);1H. The third-order valence-corrected chi connectivity index (χ3v) is 4.80. The molecule has 1 heterocycles. The van der Waals surface area contributed by atoms with E-state index in [1.54, 1.807) is 7.05 Å². The minimum absolute atomic E-state index is 0. The highest BCUT2D eigenvalue weighted by Gasteiger charge is 2.53. The molecule has 4 nitrogen and oxygen atoms in total. The van der Waals surface area contributed by atoms with Gasteiger partial charge in [0.15, 0.2) is 5.96 Å². The number of halogens is 4. The second-order valence-corrected chi connectivity index (χ2v) is 7.21. The molecule has 1 saturated heterocycles.